The number of halogens is 1. The minimum absolute atomic E-state index is 0.896. The molecule has 0 amide bonds. The number of nitrogens with zero attached hydrogens (tertiary/aromatic N) is 1. The van der Waals surface area contributed by atoms with E-state index in [1.165, 1.54) is 24.1 Å². The summed E-state index contributed by atoms with van der Waals surface area (Å²) in [6.45, 7) is 4.34. The molecule has 1 fully saturated rings. The Hall–Kier alpha value is -0.700. The van der Waals surface area contributed by atoms with Gasteiger partial charge in [-0.25, -0.2) is 0 Å². The minimum Gasteiger partial charge on any atom is -0.397 e. The zero-order valence-electron chi connectivity index (χ0n) is 8.39. The van der Waals surface area contributed by atoms with Crippen LogP contribution in [0.2, 0.25) is 0 Å². The van der Waals surface area contributed by atoms with Gasteiger partial charge in [-0.1, -0.05) is 15.9 Å². The van der Waals surface area contributed by atoms with Crippen LogP contribution in [0, 0.1) is 6.92 Å². The lowest BCUT2D eigenvalue weighted by atomic mass is 10.2. The maximum absolute atomic E-state index is 6.01. The molecule has 2 nitrogen and oxygen atoms in total. The standard InChI is InChI=1S/C11H15BrN2/c1-8-6-10(13)11(7-9(8)12)14-4-2-3-5-14/h6-7H,2-5,13H2,1H3. The van der Waals surface area contributed by atoms with Crippen LogP contribution in [0.1, 0.15) is 18.4 Å². The van der Waals surface area contributed by atoms with E-state index in [1.807, 2.05) is 6.07 Å². The lowest BCUT2D eigenvalue weighted by molar-refractivity contribution is 0.949. The fourth-order valence-corrected chi connectivity index (χ4v) is 2.26. The van der Waals surface area contributed by atoms with E-state index in [0.29, 0.717) is 0 Å². The molecular weight excluding hydrogens is 240 g/mol. The first-order valence-electron chi connectivity index (χ1n) is 4.99. The largest absolute Gasteiger partial charge is 0.397 e. The summed E-state index contributed by atoms with van der Waals surface area (Å²) in [7, 11) is 0. The summed E-state index contributed by atoms with van der Waals surface area (Å²) >= 11 is 3.55. The lowest BCUT2D eigenvalue weighted by Crippen LogP contribution is -2.19. The molecule has 0 unspecified atom stereocenters. The monoisotopic (exact) mass is 254 g/mol. The molecule has 0 atom stereocenters. The number of nitrogens with two attached hydrogens (primary N) is 1. The van der Waals surface area contributed by atoms with E-state index in [9.17, 15) is 0 Å². The van der Waals surface area contributed by atoms with Crippen LogP contribution >= 0.6 is 15.9 Å². The predicted octanol–water partition coefficient (Wildman–Crippen LogP) is 2.94. The summed E-state index contributed by atoms with van der Waals surface area (Å²) < 4.78 is 1.15. The lowest BCUT2D eigenvalue weighted by Gasteiger charge is -2.20. The van der Waals surface area contributed by atoms with Crippen molar-refractivity contribution >= 4 is 27.3 Å². The van der Waals surface area contributed by atoms with Crippen LogP contribution in [-0.4, -0.2) is 13.1 Å². The molecule has 0 radical (unpaired) electrons. The van der Waals surface area contributed by atoms with E-state index in [4.69, 9.17) is 5.73 Å². The average molecular weight is 255 g/mol. The Morgan fingerprint density at radius 2 is 1.93 bits per heavy atom. The van der Waals surface area contributed by atoms with Gasteiger partial charge in [-0.05, 0) is 37.5 Å². The second-order valence-electron chi connectivity index (χ2n) is 3.85. The smallest absolute Gasteiger partial charge is 0.0611 e. The Morgan fingerprint density at radius 1 is 1.29 bits per heavy atom. The summed E-state index contributed by atoms with van der Waals surface area (Å²) in [6, 6.07) is 4.17. The highest BCUT2D eigenvalue weighted by atomic mass is 79.9. The van der Waals surface area contributed by atoms with Gasteiger partial charge in [0.15, 0.2) is 0 Å². The molecule has 1 saturated heterocycles. The normalized spacial score (nSPS) is 16.3. The maximum atomic E-state index is 6.01. The summed E-state index contributed by atoms with van der Waals surface area (Å²) in [4.78, 5) is 2.36. The Bertz CT molecular complexity index is 343. The van der Waals surface area contributed by atoms with Gasteiger partial charge in [-0.15, -0.1) is 0 Å². The van der Waals surface area contributed by atoms with E-state index in [1.54, 1.807) is 0 Å². The zero-order valence-corrected chi connectivity index (χ0v) is 9.97. The van der Waals surface area contributed by atoms with Crippen LogP contribution in [-0.2, 0) is 0 Å². The number of hydrogen-bond donors (Lipinski definition) is 1. The van der Waals surface area contributed by atoms with Crippen molar-refractivity contribution in [3.8, 4) is 0 Å². The fourth-order valence-electron chi connectivity index (χ4n) is 1.93. The molecule has 1 aromatic carbocycles. The molecule has 3 heteroatoms. The molecule has 76 valence electrons. The van der Waals surface area contributed by atoms with Crippen molar-refractivity contribution < 1.29 is 0 Å². The van der Waals surface area contributed by atoms with Crippen molar-refractivity contribution in [2.24, 2.45) is 0 Å². The van der Waals surface area contributed by atoms with Crippen molar-refractivity contribution in [3.63, 3.8) is 0 Å². The summed E-state index contributed by atoms with van der Waals surface area (Å²) in [5, 5.41) is 0. The Labute approximate surface area is 93.2 Å². The molecular formula is C11H15BrN2. The molecule has 0 bridgehead atoms. The fraction of sp³-hybridized carbons (Fsp3) is 0.455. The van der Waals surface area contributed by atoms with E-state index >= 15 is 0 Å². The highest BCUT2D eigenvalue weighted by Crippen LogP contribution is 2.31. The van der Waals surface area contributed by atoms with Crippen LogP contribution in [0.15, 0.2) is 16.6 Å². The van der Waals surface area contributed by atoms with Gasteiger partial charge in [0.25, 0.3) is 0 Å². The number of nitrogen functional groups attached to an aromatic ring is 1. The molecule has 0 aromatic heterocycles. The van der Waals surface area contributed by atoms with E-state index in [2.05, 4.69) is 33.8 Å². The summed E-state index contributed by atoms with van der Waals surface area (Å²) in [5.41, 5.74) is 9.28. The van der Waals surface area contributed by atoms with Crippen LogP contribution in [0.25, 0.3) is 0 Å². The first kappa shape index (κ1) is 9.84. The van der Waals surface area contributed by atoms with Gasteiger partial charge < -0.3 is 10.6 Å². The quantitative estimate of drug-likeness (QED) is 0.782. The van der Waals surface area contributed by atoms with Crippen molar-refractivity contribution in [2.75, 3.05) is 23.7 Å². The molecule has 14 heavy (non-hydrogen) atoms. The first-order chi connectivity index (χ1) is 6.68. The van der Waals surface area contributed by atoms with Crippen LogP contribution in [0.5, 0.6) is 0 Å². The predicted molar refractivity (Wildman–Crippen MR) is 64.7 cm³/mol. The van der Waals surface area contributed by atoms with Gasteiger partial charge >= 0.3 is 0 Å². The van der Waals surface area contributed by atoms with Crippen molar-refractivity contribution in [2.45, 2.75) is 19.8 Å². The molecule has 1 aromatic rings. The van der Waals surface area contributed by atoms with Crippen molar-refractivity contribution in [1.82, 2.24) is 0 Å². The van der Waals surface area contributed by atoms with Crippen LogP contribution in [0.3, 0.4) is 0 Å². The molecule has 2 rings (SSSR count). The topological polar surface area (TPSA) is 29.3 Å². The summed E-state index contributed by atoms with van der Waals surface area (Å²) in [6.07, 6.45) is 2.57. The molecule has 1 aliphatic rings. The molecule has 0 saturated carbocycles. The Kier molecular flexibility index (Phi) is 2.68. The first-order valence-corrected chi connectivity index (χ1v) is 5.78. The SMILES string of the molecule is Cc1cc(N)c(N2CCCC2)cc1Br. The van der Waals surface area contributed by atoms with Gasteiger partial charge in [-0.2, -0.15) is 0 Å². The van der Waals surface area contributed by atoms with Gasteiger partial charge in [0.05, 0.1) is 11.4 Å². The van der Waals surface area contributed by atoms with Crippen molar-refractivity contribution in [3.05, 3.63) is 22.2 Å². The second-order valence-corrected chi connectivity index (χ2v) is 4.71. The molecule has 2 N–H and O–H groups in total. The molecule has 1 heterocycles. The molecule has 1 aliphatic heterocycles. The third-order valence-electron chi connectivity index (χ3n) is 2.75. The van der Waals surface area contributed by atoms with Gasteiger partial charge in [-0.3, -0.25) is 0 Å². The minimum atomic E-state index is 0.896. The summed E-state index contributed by atoms with van der Waals surface area (Å²) in [5.74, 6) is 0. The number of hydrogen-bond acceptors (Lipinski definition) is 2. The van der Waals surface area contributed by atoms with E-state index in [-0.39, 0.29) is 0 Å². The third-order valence-corrected chi connectivity index (χ3v) is 3.61. The Morgan fingerprint density at radius 3 is 2.57 bits per heavy atom. The van der Waals surface area contributed by atoms with Crippen LogP contribution < -0.4 is 10.6 Å². The number of anilines is 2. The number of benzene rings is 1. The Balaban J connectivity index is 2.37. The number of aryl methyl sites for hydroxylation is 1. The van der Waals surface area contributed by atoms with Gasteiger partial charge in [0.2, 0.25) is 0 Å². The number of rotatable bonds is 1. The van der Waals surface area contributed by atoms with E-state index < -0.39 is 0 Å². The highest BCUT2D eigenvalue weighted by Gasteiger charge is 2.15. The van der Waals surface area contributed by atoms with E-state index in [0.717, 1.165) is 23.2 Å². The average Bonchev–Trinajstić information content (AvgIpc) is 2.64. The highest BCUT2D eigenvalue weighted by molar-refractivity contribution is 9.10. The second kappa shape index (κ2) is 3.81. The zero-order chi connectivity index (χ0) is 10.1. The van der Waals surface area contributed by atoms with Gasteiger partial charge in [0.1, 0.15) is 0 Å². The molecule has 0 spiro atoms. The van der Waals surface area contributed by atoms with Gasteiger partial charge in [0, 0.05) is 17.6 Å². The van der Waals surface area contributed by atoms with Crippen LogP contribution in [0.4, 0.5) is 11.4 Å². The van der Waals surface area contributed by atoms with Crippen molar-refractivity contribution in [1.29, 1.82) is 0 Å². The molecule has 0 aliphatic carbocycles. The maximum Gasteiger partial charge on any atom is 0.0611 e. The third kappa shape index (κ3) is 1.73.